The van der Waals surface area contributed by atoms with Crippen LogP contribution in [0, 0.1) is 0 Å². The Hall–Kier alpha value is -0.580. The Bertz CT molecular complexity index is 301. The van der Waals surface area contributed by atoms with Crippen LogP contribution in [0.4, 0.5) is 0 Å². The topological polar surface area (TPSA) is 41.1 Å². The van der Waals surface area contributed by atoms with Gasteiger partial charge in [0.2, 0.25) is 5.91 Å². The number of nitrogens with one attached hydrogen (secondary N) is 2. The molecule has 1 aromatic rings. The monoisotopic (exact) mass is 232 g/mol. The van der Waals surface area contributed by atoms with Crippen LogP contribution in [0.15, 0.2) is 11.4 Å². The van der Waals surface area contributed by atoms with Crippen molar-refractivity contribution in [3.05, 3.63) is 21.3 Å². The predicted molar refractivity (Wildman–Crippen MR) is 59.7 cm³/mol. The summed E-state index contributed by atoms with van der Waals surface area (Å²) in [6, 6.07) is 1.93. The molecule has 0 bridgehead atoms. The average Bonchev–Trinajstić information content (AvgIpc) is 2.58. The summed E-state index contributed by atoms with van der Waals surface area (Å²) >= 11 is 7.38. The summed E-state index contributed by atoms with van der Waals surface area (Å²) in [4.78, 5) is 12.0. The fraction of sp³-hybridized carbons (Fsp3) is 0.444. The van der Waals surface area contributed by atoms with Crippen LogP contribution >= 0.6 is 22.9 Å². The smallest absolute Gasteiger partial charge is 0.221 e. The first kappa shape index (κ1) is 11.5. The van der Waals surface area contributed by atoms with Gasteiger partial charge in [-0.25, -0.2) is 0 Å². The third-order valence-corrected chi connectivity index (χ3v) is 3.01. The van der Waals surface area contributed by atoms with E-state index in [9.17, 15) is 4.79 Å². The van der Waals surface area contributed by atoms with E-state index in [1.807, 2.05) is 11.4 Å². The first-order valence-corrected chi connectivity index (χ1v) is 5.62. The molecule has 3 nitrogen and oxygen atoms in total. The molecule has 0 aliphatic rings. The van der Waals surface area contributed by atoms with Crippen LogP contribution in [-0.2, 0) is 11.3 Å². The van der Waals surface area contributed by atoms with Crippen molar-refractivity contribution in [1.82, 2.24) is 10.6 Å². The third-order valence-electron chi connectivity index (χ3n) is 1.73. The van der Waals surface area contributed by atoms with Gasteiger partial charge in [0.1, 0.15) is 0 Å². The Morgan fingerprint density at radius 3 is 3.00 bits per heavy atom. The average molecular weight is 233 g/mol. The summed E-state index contributed by atoms with van der Waals surface area (Å²) in [5.74, 6) is 0.0571. The van der Waals surface area contributed by atoms with Crippen molar-refractivity contribution >= 4 is 28.8 Å². The molecule has 0 unspecified atom stereocenters. The van der Waals surface area contributed by atoms with Crippen LogP contribution in [0.3, 0.4) is 0 Å². The molecule has 2 N–H and O–H groups in total. The van der Waals surface area contributed by atoms with Gasteiger partial charge in [-0.05, 0) is 6.07 Å². The Morgan fingerprint density at radius 2 is 2.43 bits per heavy atom. The van der Waals surface area contributed by atoms with E-state index in [2.05, 4.69) is 10.6 Å². The van der Waals surface area contributed by atoms with E-state index in [0.717, 1.165) is 11.6 Å². The molecule has 14 heavy (non-hydrogen) atoms. The molecule has 1 amide bonds. The molecule has 78 valence electrons. The minimum Gasteiger partial charge on any atom is -0.359 e. The predicted octanol–water partition coefficient (Wildman–Crippen LogP) is 1.63. The minimum absolute atomic E-state index is 0.0571. The van der Waals surface area contributed by atoms with Crippen LogP contribution in [0.25, 0.3) is 0 Å². The maximum absolute atomic E-state index is 10.9. The van der Waals surface area contributed by atoms with Crippen LogP contribution in [0.5, 0.6) is 0 Å². The molecule has 0 aliphatic carbocycles. The molecular weight excluding hydrogens is 220 g/mol. The van der Waals surface area contributed by atoms with E-state index < -0.39 is 0 Å². The zero-order chi connectivity index (χ0) is 10.4. The lowest BCUT2D eigenvalue weighted by molar-refractivity contribution is -0.120. The van der Waals surface area contributed by atoms with Gasteiger partial charge in [0.25, 0.3) is 0 Å². The Kier molecular flexibility index (Phi) is 4.93. The molecule has 0 saturated heterocycles. The fourth-order valence-electron chi connectivity index (χ4n) is 0.985. The summed E-state index contributed by atoms with van der Waals surface area (Å²) in [6.45, 7) is 1.46. The van der Waals surface area contributed by atoms with Gasteiger partial charge in [-0.1, -0.05) is 11.6 Å². The second-order valence-electron chi connectivity index (χ2n) is 2.83. The highest BCUT2D eigenvalue weighted by Crippen LogP contribution is 2.18. The first-order valence-electron chi connectivity index (χ1n) is 4.36. The van der Waals surface area contributed by atoms with Crippen molar-refractivity contribution in [2.45, 2.75) is 13.0 Å². The molecular formula is C9H13ClN2OS. The molecule has 1 rings (SSSR count). The van der Waals surface area contributed by atoms with Crippen LogP contribution in [-0.4, -0.2) is 19.5 Å². The summed E-state index contributed by atoms with van der Waals surface area (Å²) < 4.78 is 0. The summed E-state index contributed by atoms with van der Waals surface area (Å²) in [5.41, 5.74) is 0. The lowest BCUT2D eigenvalue weighted by Gasteiger charge is -2.01. The van der Waals surface area contributed by atoms with Gasteiger partial charge in [0.05, 0.1) is 5.02 Å². The molecule has 1 aromatic heterocycles. The fourth-order valence-corrected chi connectivity index (χ4v) is 2.03. The third kappa shape index (κ3) is 4.09. The van der Waals surface area contributed by atoms with Crippen molar-refractivity contribution in [2.75, 3.05) is 13.6 Å². The van der Waals surface area contributed by atoms with Crippen LogP contribution < -0.4 is 10.6 Å². The zero-order valence-electron chi connectivity index (χ0n) is 7.97. The van der Waals surface area contributed by atoms with E-state index in [0.29, 0.717) is 13.0 Å². The van der Waals surface area contributed by atoms with Crippen molar-refractivity contribution in [3.63, 3.8) is 0 Å². The van der Waals surface area contributed by atoms with Gasteiger partial charge < -0.3 is 10.6 Å². The van der Waals surface area contributed by atoms with Crippen LogP contribution in [0.1, 0.15) is 11.3 Å². The van der Waals surface area contributed by atoms with Gasteiger partial charge in [0.15, 0.2) is 0 Å². The van der Waals surface area contributed by atoms with E-state index >= 15 is 0 Å². The second-order valence-corrected chi connectivity index (χ2v) is 4.26. The van der Waals surface area contributed by atoms with Crippen molar-refractivity contribution in [2.24, 2.45) is 0 Å². The molecule has 1 heterocycles. The summed E-state index contributed by atoms with van der Waals surface area (Å²) in [7, 11) is 1.64. The molecule has 0 aliphatic heterocycles. The standard InChI is InChI=1S/C9H13ClN2OS/c1-11-9(13)2-3-12-5-8-4-7(10)6-14-8/h4,6,12H,2-3,5H2,1H3,(H,11,13). The van der Waals surface area contributed by atoms with Gasteiger partial charge in [-0.2, -0.15) is 0 Å². The largest absolute Gasteiger partial charge is 0.359 e. The first-order chi connectivity index (χ1) is 6.72. The Labute approximate surface area is 92.5 Å². The Balaban J connectivity index is 2.13. The number of carbonyl (C=O) groups excluding carboxylic acids is 1. The number of amides is 1. The molecule has 5 heteroatoms. The van der Waals surface area contributed by atoms with Gasteiger partial charge in [0, 0.05) is 36.8 Å². The van der Waals surface area contributed by atoms with E-state index in [4.69, 9.17) is 11.6 Å². The highest BCUT2D eigenvalue weighted by Gasteiger charge is 1.99. The van der Waals surface area contributed by atoms with Crippen LogP contribution in [0.2, 0.25) is 5.02 Å². The zero-order valence-corrected chi connectivity index (χ0v) is 9.54. The van der Waals surface area contributed by atoms with Crippen molar-refractivity contribution in [1.29, 1.82) is 0 Å². The normalized spacial score (nSPS) is 10.1. The number of rotatable bonds is 5. The lowest BCUT2D eigenvalue weighted by Crippen LogP contribution is -2.24. The number of hydrogen-bond donors (Lipinski definition) is 2. The number of carbonyl (C=O) groups is 1. The van der Waals surface area contributed by atoms with Crippen molar-refractivity contribution in [3.8, 4) is 0 Å². The SMILES string of the molecule is CNC(=O)CCNCc1cc(Cl)cs1. The van der Waals surface area contributed by atoms with Gasteiger partial charge >= 0.3 is 0 Å². The van der Waals surface area contributed by atoms with Gasteiger partial charge in [-0.15, -0.1) is 11.3 Å². The number of hydrogen-bond acceptors (Lipinski definition) is 3. The Morgan fingerprint density at radius 1 is 1.64 bits per heavy atom. The van der Waals surface area contributed by atoms with Crippen molar-refractivity contribution < 1.29 is 4.79 Å². The number of halogens is 1. The van der Waals surface area contributed by atoms with E-state index in [1.165, 1.54) is 4.88 Å². The summed E-state index contributed by atoms with van der Waals surface area (Å²) in [6.07, 6.45) is 0.510. The molecule has 0 fully saturated rings. The quantitative estimate of drug-likeness (QED) is 0.758. The van der Waals surface area contributed by atoms with E-state index in [1.54, 1.807) is 18.4 Å². The molecule has 0 spiro atoms. The van der Waals surface area contributed by atoms with Gasteiger partial charge in [-0.3, -0.25) is 4.79 Å². The molecule has 0 aromatic carbocycles. The maximum Gasteiger partial charge on any atom is 0.221 e. The lowest BCUT2D eigenvalue weighted by atomic mass is 10.4. The van der Waals surface area contributed by atoms with E-state index in [-0.39, 0.29) is 5.91 Å². The molecule has 0 saturated carbocycles. The highest BCUT2D eigenvalue weighted by molar-refractivity contribution is 7.10. The molecule has 0 atom stereocenters. The summed E-state index contributed by atoms with van der Waals surface area (Å²) in [5, 5.41) is 8.42. The number of thiophene rings is 1. The highest BCUT2D eigenvalue weighted by atomic mass is 35.5. The minimum atomic E-state index is 0.0571. The maximum atomic E-state index is 10.9. The second kappa shape index (κ2) is 6.01. The molecule has 0 radical (unpaired) electrons.